The molecule has 0 radical (unpaired) electrons. The fourth-order valence-corrected chi connectivity index (χ4v) is 10.4. The first kappa shape index (κ1) is 31.5. The fraction of sp³-hybridized carbons (Fsp3) is 0.537. The number of hydrogen-bond acceptors (Lipinski definition) is 5. The minimum atomic E-state index is -0.967. The van der Waals surface area contributed by atoms with Crippen LogP contribution in [0.2, 0.25) is 0 Å². The highest BCUT2D eigenvalue weighted by atomic mass is 16.3. The first-order chi connectivity index (χ1) is 23.2. The van der Waals surface area contributed by atoms with Gasteiger partial charge in [-0.1, -0.05) is 49.2 Å². The number of nitrogens with zero attached hydrogens (tertiary/aromatic N) is 4. The number of terminal acetylenes is 1. The van der Waals surface area contributed by atoms with Crippen molar-refractivity contribution < 1.29 is 14.7 Å². The summed E-state index contributed by atoms with van der Waals surface area (Å²) in [6.07, 6.45) is 13.6. The molecule has 2 saturated heterocycles. The molecular formula is C41H48N4O3. The van der Waals surface area contributed by atoms with E-state index in [4.69, 9.17) is 6.42 Å². The maximum absolute atomic E-state index is 13.8. The third kappa shape index (κ3) is 5.06. The van der Waals surface area contributed by atoms with Gasteiger partial charge in [-0.05, 0) is 110 Å². The lowest BCUT2D eigenvalue weighted by Gasteiger charge is -2.52. The standard InChI is InChI=1S/C41H48N4O3/c1-4-41(48)18-16-34-32-13-11-29-24-27(2)30(25-33(29)31(32)15-17-40(34,41)3)26-43-20-22-44(23-21-43)39(47)37-10-7-19-45(37)38(46)36-14-12-28-8-5-6-9-35(28)42-36/h1,5-6,8-9,12,14,24-25,31-32,34,37,48H,7,10-11,13,15-23,26H2,2-3H3/t31-,32+,34-,37-,40-,41-/m0/s1. The Bertz CT molecular complexity index is 1810. The summed E-state index contributed by atoms with van der Waals surface area (Å²) >= 11 is 0. The van der Waals surface area contributed by atoms with Gasteiger partial charge in [0.15, 0.2) is 0 Å². The second kappa shape index (κ2) is 12.0. The van der Waals surface area contributed by atoms with Crippen molar-refractivity contribution in [3.05, 3.63) is 76.5 Å². The van der Waals surface area contributed by atoms with Crippen molar-refractivity contribution in [3.8, 4) is 12.3 Å². The average molecular weight is 645 g/mol. The highest BCUT2D eigenvalue weighted by Crippen LogP contribution is 2.64. The molecule has 2 saturated carbocycles. The van der Waals surface area contributed by atoms with Gasteiger partial charge in [0, 0.05) is 50.1 Å². The van der Waals surface area contributed by atoms with Crippen molar-refractivity contribution in [1.29, 1.82) is 0 Å². The van der Waals surface area contributed by atoms with E-state index in [1.165, 1.54) is 28.7 Å². The number of amides is 2. The van der Waals surface area contributed by atoms with Crippen molar-refractivity contribution in [2.24, 2.45) is 17.3 Å². The molecule has 7 heteroatoms. The Kier molecular flexibility index (Phi) is 7.88. The number of carbonyl (C=O) groups is 2. The number of pyridine rings is 1. The fourth-order valence-electron chi connectivity index (χ4n) is 10.4. The summed E-state index contributed by atoms with van der Waals surface area (Å²) in [5, 5.41) is 12.3. The Morgan fingerprint density at radius 3 is 2.62 bits per heavy atom. The Balaban J connectivity index is 0.917. The van der Waals surface area contributed by atoms with E-state index in [-0.39, 0.29) is 17.2 Å². The third-order valence-electron chi connectivity index (χ3n) is 13.3. The molecule has 0 unspecified atom stereocenters. The minimum absolute atomic E-state index is 0.0743. The van der Waals surface area contributed by atoms with Gasteiger partial charge in [-0.2, -0.15) is 0 Å². The van der Waals surface area contributed by atoms with Crippen molar-refractivity contribution in [2.75, 3.05) is 32.7 Å². The lowest BCUT2D eigenvalue weighted by molar-refractivity contribution is -0.137. The maximum atomic E-state index is 13.8. The van der Waals surface area contributed by atoms with Crippen LogP contribution >= 0.6 is 0 Å². The van der Waals surface area contributed by atoms with Crippen LogP contribution in [0.15, 0.2) is 48.5 Å². The molecule has 0 bridgehead atoms. The molecule has 3 aromatic rings. The quantitative estimate of drug-likeness (QED) is 0.368. The van der Waals surface area contributed by atoms with Crippen LogP contribution < -0.4 is 0 Å². The molecule has 1 aromatic heterocycles. The number of likely N-dealkylation sites (tertiary alicyclic amines) is 1. The van der Waals surface area contributed by atoms with Crippen molar-refractivity contribution >= 4 is 22.7 Å². The molecular weight excluding hydrogens is 596 g/mol. The molecule has 2 aliphatic heterocycles. The SMILES string of the molecule is C#C[C@]1(O)CC[C@H]2[C@@H]3CCc4cc(C)c(CN5CCN(C(=O)[C@@H]6CCCN6C(=O)c6ccc7ccccc7n6)CC5)cc4[C@H]3CC[C@@]21C. The molecule has 3 heterocycles. The number of carbonyl (C=O) groups excluding carboxylic acids is 2. The van der Waals surface area contributed by atoms with Crippen LogP contribution in [-0.4, -0.2) is 81.0 Å². The first-order valence-electron chi connectivity index (χ1n) is 18.2. The second-order valence-corrected chi connectivity index (χ2v) is 15.5. The lowest BCUT2D eigenvalue weighted by atomic mass is 9.53. The lowest BCUT2D eigenvalue weighted by Crippen LogP contribution is -2.54. The summed E-state index contributed by atoms with van der Waals surface area (Å²) in [5.41, 5.74) is 5.85. The largest absolute Gasteiger partial charge is 0.377 e. The van der Waals surface area contributed by atoms with Gasteiger partial charge < -0.3 is 14.9 Å². The predicted molar refractivity (Wildman–Crippen MR) is 187 cm³/mol. The van der Waals surface area contributed by atoms with Crippen LogP contribution in [0.1, 0.15) is 90.5 Å². The van der Waals surface area contributed by atoms with Crippen LogP contribution in [0.5, 0.6) is 0 Å². The Morgan fingerprint density at radius 1 is 1.00 bits per heavy atom. The number of hydrogen-bond donors (Lipinski definition) is 1. The summed E-state index contributed by atoms with van der Waals surface area (Å²) in [6.45, 7) is 8.99. The normalized spacial score (nSPS) is 31.6. The number of rotatable bonds is 4. The zero-order valence-corrected chi connectivity index (χ0v) is 28.5. The van der Waals surface area contributed by atoms with Crippen molar-refractivity contribution in [2.45, 2.75) is 89.3 Å². The highest BCUT2D eigenvalue weighted by Gasteiger charge is 2.61. The van der Waals surface area contributed by atoms with E-state index in [1.807, 2.05) is 35.2 Å². The molecule has 2 aromatic carbocycles. The van der Waals surface area contributed by atoms with Crippen molar-refractivity contribution in [3.63, 3.8) is 0 Å². The molecule has 0 spiro atoms. The number of para-hydroxylation sites is 1. The Morgan fingerprint density at radius 2 is 1.81 bits per heavy atom. The van der Waals surface area contributed by atoms with Crippen LogP contribution in [0.4, 0.5) is 0 Å². The first-order valence-corrected chi connectivity index (χ1v) is 18.2. The van der Waals surface area contributed by atoms with Gasteiger partial charge in [-0.25, -0.2) is 4.98 Å². The number of benzene rings is 2. The zero-order chi connectivity index (χ0) is 33.2. The van der Waals surface area contributed by atoms with Gasteiger partial charge in [0.2, 0.25) is 5.91 Å². The van der Waals surface area contributed by atoms with Crippen LogP contribution in [-0.2, 0) is 17.8 Å². The van der Waals surface area contributed by atoms with Gasteiger partial charge in [0.1, 0.15) is 17.3 Å². The van der Waals surface area contributed by atoms with Crippen molar-refractivity contribution in [1.82, 2.24) is 19.7 Å². The number of fused-ring (bicyclic) bond motifs is 6. The number of aliphatic hydroxyl groups is 1. The molecule has 48 heavy (non-hydrogen) atoms. The van der Waals surface area contributed by atoms with E-state index in [2.05, 4.69) is 41.8 Å². The molecule has 5 aliphatic rings. The van der Waals surface area contributed by atoms with Crippen LogP contribution in [0, 0.1) is 36.5 Å². The van der Waals surface area contributed by atoms with E-state index in [1.54, 1.807) is 11.0 Å². The van der Waals surface area contributed by atoms with E-state index in [0.29, 0.717) is 49.5 Å². The number of aromatic nitrogens is 1. The third-order valence-corrected chi connectivity index (χ3v) is 13.3. The summed E-state index contributed by atoms with van der Waals surface area (Å²) in [4.78, 5) is 38.2. The maximum Gasteiger partial charge on any atom is 0.273 e. The van der Waals surface area contributed by atoms with Gasteiger partial charge >= 0.3 is 0 Å². The van der Waals surface area contributed by atoms with Gasteiger partial charge in [-0.3, -0.25) is 14.5 Å². The van der Waals surface area contributed by atoms with Crippen LogP contribution in [0.3, 0.4) is 0 Å². The second-order valence-electron chi connectivity index (χ2n) is 15.5. The predicted octanol–water partition coefficient (Wildman–Crippen LogP) is 5.71. The molecule has 7 nitrogen and oxygen atoms in total. The molecule has 250 valence electrons. The Hall–Kier alpha value is -3.73. The van der Waals surface area contributed by atoms with E-state index < -0.39 is 11.6 Å². The average Bonchev–Trinajstić information content (AvgIpc) is 3.71. The Labute approximate surface area is 284 Å². The van der Waals surface area contributed by atoms with E-state index in [9.17, 15) is 14.7 Å². The van der Waals surface area contributed by atoms with Gasteiger partial charge in [0.05, 0.1) is 5.52 Å². The topological polar surface area (TPSA) is 77.0 Å². The molecule has 8 rings (SSSR count). The summed E-state index contributed by atoms with van der Waals surface area (Å²) < 4.78 is 0. The smallest absolute Gasteiger partial charge is 0.273 e. The number of aryl methyl sites for hydroxylation is 2. The summed E-state index contributed by atoms with van der Waals surface area (Å²) in [5.74, 6) is 4.34. The molecule has 2 amide bonds. The van der Waals surface area contributed by atoms with Crippen LogP contribution in [0.25, 0.3) is 10.9 Å². The van der Waals surface area contributed by atoms with Gasteiger partial charge in [-0.15, -0.1) is 6.42 Å². The highest BCUT2D eigenvalue weighted by molar-refractivity contribution is 5.98. The van der Waals surface area contributed by atoms with E-state index >= 15 is 0 Å². The molecule has 3 aliphatic carbocycles. The monoisotopic (exact) mass is 644 g/mol. The molecule has 4 fully saturated rings. The summed E-state index contributed by atoms with van der Waals surface area (Å²) in [6, 6.07) is 16.1. The van der Waals surface area contributed by atoms with Gasteiger partial charge in [0.25, 0.3) is 5.91 Å². The number of piperazine rings is 1. The molecule has 6 atom stereocenters. The summed E-state index contributed by atoms with van der Waals surface area (Å²) in [7, 11) is 0. The zero-order valence-electron chi connectivity index (χ0n) is 28.5. The minimum Gasteiger partial charge on any atom is -0.377 e. The van der Waals surface area contributed by atoms with E-state index in [0.717, 1.165) is 69.1 Å². The molecule has 1 N–H and O–H groups in total.